The Morgan fingerprint density at radius 2 is 2.31 bits per heavy atom. The molecule has 0 amide bonds. The molecule has 0 aliphatic carbocycles. The van der Waals surface area contributed by atoms with E-state index in [2.05, 4.69) is 16.2 Å². The van der Waals surface area contributed by atoms with Crippen LogP contribution in [-0.2, 0) is 11.2 Å². The lowest BCUT2D eigenvalue weighted by Gasteiger charge is -1.97. The van der Waals surface area contributed by atoms with Crippen molar-refractivity contribution in [1.82, 2.24) is 14.6 Å². The van der Waals surface area contributed by atoms with Crippen LogP contribution in [0.3, 0.4) is 0 Å². The van der Waals surface area contributed by atoms with Gasteiger partial charge in [0.15, 0.2) is 11.5 Å². The van der Waals surface area contributed by atoms with Gasteiger partial charge < -0.3 is 4.74 Å². The molecule has 0 aromatic carbocycles. The molecule has 5 heteroatoms. The number of pyridine rings is 1. The van der Waals surface area contributed by atoms with Crippen molar-refractivity contribution < 1.29 is 4.74 Å². The van der Waals surface area contributed by atoms with Gasteiger partial charge in [-0.25, -0.2) is 9.50 Å². The zero-order chi connectivity index (χ0) is 11.5. The van der Waals surface area contributed by atoms with Crippen molar-refractivity contribution in [2.45, 2.75) is 13.3 Å². The van der Waals surface area contributed by atoms with Crippen LogP contribution in [0.25, 0.3) is 5.65 Å². The highest BCUT2D eigenvalue weighted by atomic mass is 16.5. The fourth-order valence-corrected chi connectivity index (χ4v) is 1.51. The molecule has 2 aromatic rings. The lowest BCUT2D eigenvalue weighted by molar-refractivity contribution is 0.200. The first-order valence-corrected chi connectivity index (χ1v) is 5.00. The Labute approximate surface area is 93.3 Å². The van der Waals surface area contributed by atoms with Gasteiger partial charge in [0, 0.05) is 19.2 Å². The first-order chi connectivity index (χ1) is 7.76. The predicted octanol–water partition coefficient (Wildman–Crippen LogP) is 1.10. The van der Waals surface area contributed by atoms with Gasteiger partial charge in [-0.3, -0.25) is 0 Å². The third-order valence-electron chi connectivity index (χ3n) is 2.37. The van der Waals surface area contributed by atoms with Crippen LogP contribution in [0.2, 0.25) is 0 Å². The van der Waals surface area contributed by atoms with Crippen LogP contribution < -0.4 is 0 Å². The number of ether oxygens (including phenoxy) is 1. The van der Waals surface area contributed by atoms with Crippen LogP contribution in [-0.4, -0.2) is 28.3 Å². The maximum atomic E-state index is 8.96. The van der Waals surface area contributed by atoms with Gasteiger partial charge in [-0.15, -0.1) is 0 Å². The monoisotopic (exact) mass is 216 g/mol. The zero-order valence-electron chi connectivity index (χ0n) is 9.27. The van der Waals surface area contributed by atoms with E-state index in [1.165, 1.54) is 0 Å². The number of aryl methyl sites for hydroxylation is 1. The lowest BCUT2D eigenvalue weighted by atomic mass is 10.2. The Kier molecular flexibility index (Phi) is 2.84. The molecule has 0 aliphatic rings. The molecule has 0 bridgehead atoms. The Balaban J connectivity index is 2.51. The number of aromatic nitrogens is 3. The van der Waals surface area contributed by atoms with Crippen LogP contribution in [0.15, 0.2) is 12.1 Å². The minimum atomic E-state index is 0.543. The van der Waals surface area contributed by atoms with E-state index in [0.717, 1.165) is 5.69 Å². The number of fused-ring (bicyclic) bond motifs is 1. The standard InChI is InChI=1S/C11H12N4O/c1-8-3-4-9(7-12)11-13-10(5-6-16-2)14-15(8)11/h3-4H,5-6H2,1-2H3. The quantitative estimate of drug-likeness (QED) is 0.770. The molecule has 0 N–H and O–H groups in total. The number of nitriles is 1. The Morgan fingerprint density at radius 3 is 3.00 bits per heavy atom. The molecule has 0 saturated carbocycles. The lowest BCUT2D eigenvalue weighted by Crippen LogP contribution is -1.98. The van der Waals surface area contributed by atoms with Gasteiger partial charge in [-0.05, 0) is 19.1 Å². The molecule has 0 fully saturated rings. The van der Waals surface area contributed by atoms with Crippen LogP contribution in [0.4, 0.5) is 0 Å². The van der Waals surface area contributed by atoms with E-state index in [9.17, 15) is 0 Å². The van der Waals surface area contributed by atoms with E-state index in [-0.39, 0.29) is 0 Å². The zero-order valence-corrected chi connectivity index (χ0v) is 9.27. The second-order valence-corrected chi connectivity index (χ2v) is 3.51. The molecule has 82 valence electrons. The van der Waals surface area contributed by atoms with Gasteiger partial charge in [-0.2, -0.15) is 10.4 Å². The summed E-state index contributed by atoms with van der Waals surface area (Å²) >= 11 is 0. The number of hydrogen-bond donors (Lipinski definition) is 0. The van der Waals surface area contributed by atoms with Crippen molar-refractivity contribution in [2.75, 3.05) is 13.7 Å². The molecule has 0 unspecified atom stereocenters. The average Bonchev–Trinajstić information content (AvgIpc) is 2.72. The molecule has 0 saturated heterocycles. The van der Waals surface area contributed by atoms with Gasteiger partial charge in [-0.1, -0.05) is 0 Å². The van der Waals surface area contributed by atoms with Crippen molar-refractivity contribution in [2.24, 2.45) is 0 Å². The van der Waals surface area contributed by atoms with E-state index in [1.54, 1.807) is 17.7 Å². The molecule has 2 heterocycles. The summed E-state index contributed by atoms with van der Waals surface area (Å²) in [7, 11) is 1.64. The Hall–Kier alpha value is -1.93. The van der Waals surface area contributed by atoms with Gasteiger partial charge in [0.1, 0.15) is 6.07 Å². The van der Waals surface area contributed by atoms with E-state index in [1.807, 2.05) is 13.0 Å². The first kappa shape index (κ1) is 10.6. The van der Waals surface area contributed by atoms with Crippen LogP contribution >= 0.6 is 0 Å². The van der Waals surface area contributed by atoms with Crippen molar-refractivity contribution in [1.29, 1.82) is 5.26 Å². The van der Waals surface area contributed by atoms with Crippen molar-refractivity contribution in [3.63, 3.8) is 0 Å². The molecule has 16 heavy (non-hydrogen) atoms. The summed E-state index contributed by atoms with van der Waals surface area (Å²) in [4.78, 5) is 4.33. The third-order valence-corrected chi connectivity index (χ3v) is 2.37. The van der Waals surface area contributed by atoms with Crippen LogP contribution in [0.1, 0.15) is 17.1 Å². The molecule has 0 aliphatic heterocycles. The van der Waals surface area contributed by atoms with Crippen LogP contribution in [0.5, 0.6) is 0 Å². The maximum Gasteiger partial charge on any atom is 0.173 e. The molecule has 0 atom stereocenters. The second kappa shape index (κ2) is 4.29. The minimum Gasteiger partial charge on any atom is -0.384 e. The number of rotatable bonds is 3. The molecular formula is C11H12N4O. The molecule has 2 aromatic heterocycles. The molecule has 0 spiro atoms. The fourth-order valence-electron chi connectivity index (χ4n) is 1.51. The highest BCUT2D eigenvalue weighted by Gasteiger charge is 2.09. The SMILES string of the molecule is COCCc1nc2c(C#N)ccc(C)n2n1. The maximum absolute atomic E-state index is 8.96. The average molecular weight is 216 g/mol. The van der Waals surface area contributed by atoms with Crippen molar-refractivity contribution in [3.8, 4) is 6.07 Å². The Bertz CT molecular complexity index is 553. The first-order valence-electron chi connectivity index (χ1n) is 5.00. The number of nitrogens with zero attached hydrogens (tertiary/aromatic N) is 4. The number of methoxy groups -OCH3 is 1. The van der Waals surface area contributed by atoms with E-state index in [0.29, 0.717) is 30.1 Å². The van der Waals surface area contributed by atoms with Crippen LogP contribution in [0, 0.1) is 18.3 Å². The predicted molar refractivity (Wildman–Crippen MR) is 58.0 cm³/mol. The highest BCUT2D eigenvalue weighted by Crippen LogP contribution is 2.11. The number of hydrogen-bond acceptors (Lipinski definition) is 4. The molecular weight excluding hydrogens is 204 g/mol. The largest absolute Gasteiger partial charge is 0.384 e. The van der Waals surface area contributed by atoms with Crippen molar-refractivity contribution >= 4 is 5.65 Å². The van der Waals surface area contributed by atoms with E-state index in [4.69, 9.17) is 10.00 Å². The smallest absolute Gasteiger partial charge is 0.173 e. The molecule has 5 nitrogen and oxygen atoms in total. The van der Waals surface area contributed by atoms with E-state index >= 15 is 0 Å². The van der Waals surface area contributed by atoms with Crippen molar-refractivity contribution in [3.05, 3.63) is 29.2 Å². The summed E-state index contributed by atoms with van der Waals surface area (Å²) in [5.41, 5.74) is 2.13. The molecule has 2 rings (SSSR count). The molecule has 0 radical (unpaired) electrons. The topological polar surface area (TPSA) is 63.2 Å². The van der Waals surface area contributed by atoms with Gasteiger partial charge in [0.2, 0.25) is 0 Å². The van der Waals surface area contributed by atoms with E-state index < -0.39 is 0 Å². The third kappa shape index (κ3) is 1.75. The van der Waals surface area contributed by atoms with Gasteiger partial charge in [0.25, 0.3) is 0 Å². The summed E-state index contributed by atoms with van der Waals surface area (Å²) in [5.74, 6) is 0.702. The summed E-state index contributed by atoms with van der Waals surface area (Å²) in [6.45, 7) is 2.51. The highest BCUT2D eigenvalue weighted by molar-refractivity contribution is 5.55. The van der Waals surface area contributed by atoms with Gasteiger partial charge in [0.05, 0.1) is 12.2 Å². The summed E-state index contributed by atoms with van der Waals surface area (Å²) in [6.07, 6.45) is 0.655. The second-order valence-electron chi connectivity index (χ2n) is 3.51. The summed E-state index contributed by atoms with van der Waals surface area (Å²) in [5, 5.41) is 13.3. The minimum absolute atomic E-state index is 0.543. The normalized spacial score (nSPS) is 10.6. The Morgan fingerprint density at radius 1 is 1.50 bits per heavy atom. The van der Waals surface area contributed by atoms with Gasteiger partial charge >= 0.3 is 0 Å². The fraction of sp³-hybridized carbons (Fsp3) is 0.364. The summed E-state index contributed by atoms with van der Waals surface area (Å²) in [6, 6.07) is 5.74. The summed E-state index contributed by atoms with van der Waals surface area (Å²) < 4.78 is 6.67.